The summed E-state index contributed by atoms with van der Waals surface area (Å²) in [7, 11) is 0. The third-order valence-electron chi connectivity index (χ3n) is 2.71. The van der Waals surface area contributed by atoms with E-state index in [2.05, 4.69) is 34.5 Å². The first-order valence-corrected chi connectivity index (χ1v) is 8.26. The number of rotatable bonds is 3. The smallest absolute Gasteiger partial charge is 0.143 e. The molecule has 1 aliphatic heterocycles. The minimum absolute atomic E-state index is 0.658. The lowest BCUT2D eigenvalue weighted by Crippen LogP contribution is -1.99. The Morgan fingerprint density at radius 2 is 2.24 bits per heavy atom. The number of hydrogen-bond donors (Lipinski definition) is 0. The molecule has 88 valence electrons. The maximum absolute atomic E-state index is 4.16. The minimum Gasteiger partial charge on any atom is -0.143 e. The third-order valence-corrected chi connectivity index (χ3v) is 6.10. The maximum atomic E-state index is 4.16. The van der Waals surface area contributed by atoms with Gasteiger partial charge in [-0.3, -0.25) is 0 Å². The van der Waals surface area contributed by atoms with Crippen LogP contribution in [0.2, 0.25) is 0 Å². The summed E-state index contributed by atoms with van der Waals surface area (Å²) in [5, 5.41) is 9.26. The van der Waals surface area contributed by atoms with Crippen molar-refractivity contribution < 1.29 is 0 Å². The molecule has 1 atom stereocenters. The fourth-order valence-electron chi connectivity index (χ4n) is 1.88. The standard InChI is InChI=1S/C12H12N2S3/c1-8-13-14-12(17-8)16-7-9-6-15-11-5-3-2-4-10(9)11/h2-5,9H,6-7H2,1H3. The normalized spacial score (nSPS) is 18.3. The SMILES string of the molecule is Cc1nnc(SCC2CSc3ccccc32)s1. The van der Waals surface area contributed by atoms with Crippen LogP contribution in [0.25, 0.3) is 0 Å². The van der Waals surface area contributed by atoms with Crippen LogP contribution in [-0.2, 0) is 0 Å². The van der Waals surface area contributed by atoms with Crippen LogP contribution in [0, 0.1) is 6.92 Å². The number of aryl methyl sites for hydroxylation is 1. The average Bonchev–Trinajstić information content (AvgIpc) is 2.93. The van der Waals surface area contributed by atoms with Crippen molar-refractivity contribution in [3.05, 3.63) is 34.8 Å². The predicted octanol–water partition coefficient (Wildman–Crippen LogP) is 3.83. The van der Waals surface area contributed by atoms with Crippen LogP contribution in [0.1, 0.15) is 16.5 Å². The molecule has 0 fully saturated rings. The Morgan fingerprint density at radius 1 is 1.35 bits per heavy atom. The first-order chi connectivity index (χ1) is 8.33. The van der Waals surface area contributed by atoms with Crippen molar-refractivity contribution in [3.8, 4) is 0 Å². The molecule has 5 heteroatoms. The fraction of sp³-hybridized carbons (Fsp3) is 0.333. The number of nitrogens with zero attached hydrogens (tertiary/aromatic N) is 2. The first-order valence-electron chi connectivity index (χ1n) is 5.47. The fourth-order valence-corrected chi connectivity index (χ4v) is 5.24. The summed E-state index contributed by atoms with van der Waals surface area (Å²) in [6.07, 6.45) is 0. The van der Waals surface area contributed by atoms with E-state index in [1.165, 1.54) is 16.2 Å². The Bertz CT molecular complexity index is 524. The van der Waals surface area contributed by atoms with Crippen LogP contribution < -0.4 is 0 Å². The highest BCUT2D eigenvalue weighted by Crippen LogP contribution is 2.41. The summed E-state index contributed by atoms with van der Waals surface area (Å²) < 4.78 is 1.09. The summed E-state index contributed by atoms with van der Waals surface area (Å²) >= 11 is 5.49. The molecule has 2 heterocycles. The van der Waals surface area contributed by atoms with Crippen molar-refractivity contribution in [1.82, 2.24) is 10.2 Å². The molecule has 0 radical (unpaired) electrons. The maximum Gasteiger partial charge on any atom is 0.174 e. The largest absolute Gasteiger partial charge is 0.174 e. The van der Waals surface area contributed by atoms with Crippen LogP contribution in [0.4, 0.5) is 0 Å². The topological polar surface area (TPSA) is 25.8 Å². The van der Waals surface area contributed by atoms with Gasteiger partial charge in [-0.2, -0.15) is 0 Å². The van der Waals surface area contributed by atoms with E-state index in [1.54, 1.807) is 11.3 Å². The minimum atomic E-state index is 0.658. The Balaban J connectivity index is 1.68. The van der Waals surface area contributed by atoms with Gasteiger partial charge in [0, 0.05) is 22.3 Å². The molecule has 2 aromatic rings. The van der Waals surface area contributed by atoms with Gasteiger partial charge in [0.2, 0.25) is 0 Å². The van der Waals surface area contributed by atoms with E-state index < -0.39 is 0 Å². The van der Waals surface area contributed by atoms with Gasteiger partial charge in [0.15, 0.2) is 4.34 Å². The second kappa shape index (κ2) is 5.00. The summed E-state index contributed by atoms with van der Waals surface area (Å²) in [5.41, 5.74) is 1.51. The lowest BCUT2D eigenvalue weighted by atomic mass is 10.0. The quantitative estimate of drug-likeness (QED) is 0.798. The van der Waals surface area contributed by atoms with Gasteiger partial charge in [-0.1, -0.05) is 41.3 Å². The highest BCUT2D eigenvalue weighted by Gasteiger charge is 2.22. The molecule has 2 nitrogen and oxygen atoms in total. The number of aromatic nitrogens is 2. The highest BCUT2D eigenvalue weighted by molar-refractivity contribution is 8.01. The van der Waals surface area contributed by atoms with Crippen molar-refractivity contribution in [3.63, 3.8) is 0 Å². The molecule has 17 heavy (non-hydrogen) atoms. The molecule has 0 saturated heterocycles. The molecule has 1 aromatic carbocycles. The molecular weight excluding hydrogens is 268 g/mol. The van der Waals surface area contributed by atoms with Crippen LogP contribution in [0.5, 0.6) is 0 Å². The number of fused-ring (bicyclic) bond motifs is 1. The van der Waals surface area contributed by atoms with Crippen molar-refractivity contribution in [2.45, 2.75) is 22.1 Å². The predicted molar refractivity (Wildman–Crippen MR) is 75.3 cm³/mol. The Kier molecular flexibility index (Phi) is 3.40. The first kappa shape index (κ1) is 11.6. The molecule has 0 amide bonds. The third kappa shape index (κ3) is 2.51. The second-order valence-corrected chi connectivity index (χ2v) is 7.45. The van der Waals surface area contributed by atoms with E-state index in [1.807, 2.05) is 30.4 Å². The van der Waals surface area contributed by atoms with Gasteiger partial charge < -0.3 is 0 Å². The number of hydrogen-bond acceptors (Lipinski definition) is 5. The molecule has 0 aliphatic carbocycles. The van der Waals surface area contributed by atoms with Gasteiger partial charge >= 0.3 is 0 Å². The molecule has 0 spiro atoms. The van der Waals surface area contributed by atoms with Gasteiger partial charge in [-0.15, -0.1) is 22.0 Å². The van der Waals surface area contributed by atoms with E-state index in [0.717, 1.165) is 15.1 Å². The molecule has 0 saturated carbocycles. The zero-order chi connectivity index (χ0) is 11.7. The zero-order valence-corrected chi connectivity index (χ0v) is 11.9. The van der Waals surface area contributed by atoms with Gasteiger partial charge in [-0.05, 0) is 18.6 Å². The lowest BCUT2D eigenvalue weighted by Gasteiger charge is -2.08. The highest BCUT2D eigenvalue weighted by atomic mass is 32.2. The van der Waals surface area contributed by atoms with Gasteiger partial charge in [0.05, 0.1) is 0 Å². The summed E-state index contributed by atoms with van der Waals surface area (Å²) in [5.74, 6) is 2.97. The molecule has 0 bridgehead atoms. The summed E-state index contributed by atoms with van der Waals surface area (Å²) in [6, 6.07) is 8.73. The van der Waals surface area contributed by atoms with Gasteiger partial charge in [-0.25, -0.2) is 0 Å². The van der Waals surface area contributed by atoms with E-state index in [9.17, 15) is 0 Å². The summed E-state index contributed by atoms with van der Waals surface area (Å²) in [4.78, 5) is 1.45. The zero-order valence-electron chi connectivity index (χ0n) is 9.42. The van der Waals surface area contributed by atoms with Gasteiger partial charge in [0.25, 0.3) is 0 Å². The number of benzene rings is 1. The van der Waals surface area contributed by atoms with E-state index in [4.69, 9.17) is 0 Å². The van der Waals surface area contributed by atoms with Crippen LogP contribution >= 0.6 is 34.9 Å². The van der Waals surface area contributed by atoms with Crippen LogP contribution in [0.3, 0.4) is 0 Å². The molecule has 1 unspecified atom stereocenters. The molecule has 0 N–H and O–H groups in total. The van der Waals surface area contributed by atoms with Crippen LogP contribution in [0.15, 0.2) is 33.5 Å². The lowest BCUT2D eigenvalue weighted by molar-refractivity contribution is 0.893. The van der Waals surface area contributed by atoms with Crippen LogP contribution in [-0.4, -0.2) is 21.7 Å². The average molecular weight is 280 g/mol. The van der Waals surface area contributed by atoms with E-state index in [-0.39, 0.29) is 0 Å². The summed E-state index contributed by atoms with van der Waals surface area (Å²) in [6.45, 7) is 2.00. The number of thioether (sulfide) groups is 2. The van der Waals surface area contributed by atoms with Crippen molar-refractivity contribution in [2.24, 2.45) is 0 Å². The van der Waals surface area contributed by atoms with Crippen molar-refractivity contribution in [2.75, 3.05) is 11.5 Å². The second-order valence-electron chi connectivity index (χ2n) is 3.94. The monoisotopic (exact) mass is 280 g/mol. The van der Waals surface area contributed by atoms with Gasteiger partial charge in [0.1, 0.15) is 5.01 Å². The Hall–Kier alpha value is -0.520. The van der Waals surface area contributed by atoms with Crippen molar-refractivity contribution in [1.29, 1.82) is 0 Å². The molecule has 1 aliphatic rings. The van der Waals surface area contributed by atoms with Crippen molar-refractivity contribution >= 4 is 34.9 Å². The Morgan fingerprint density at radius 3 is 3.06 bits per heavy atom. The molecule has 1 aromatic heterocycles. The van der Waals surface area contributed by atoms with E-state index in [0.29, 0.717) is 5.92 Å². The molecule has 3 rings (SSSR count). The molecular formula is C12H12N2S3. The Labute approximate surface area is 113 Å². The van der Waals surface area contributed by atoms with E-state index >= 15 is 0 Å².